The summed E-state index contributed by atoms with van der Waals surface area (Å²) in [4.78, 5) is 37.4. The number of fused-ring (bicyclic) bond motifs is 3. The van der Waals surface area contributed by atoms with Gasteiger partial charge < -0.3 is 20.2 Å². The first kappa shape index (κ1) is 24.5. The van der Waals surface area contributed by atoms with Gasteiger partial charge in [-0.2, -0.15) is 4.39 Å². The lowest BCUT2D eigenvalue weighted by Crippen LogP contribution is -2.40. The van der Waals surface area contributed by atoms with E-state index in [1.54, 1.807) is 26.1 Å². The number of carbonyl (C=O) groups is 2. The minimum Gasteiger partial charge on any atom is -0.395 e. The molecule has 35 heavy (non-hydrogen) atoms. The van der Waals surface area contributed by atoms with Crippen molar-refractivity contribution in [1.82, 2.24) is 9.97 Å². The molecule has 0 aliphatic carbocycles. The van der Waals surface area contributed by atoms with E-state index in [4.69, 9.17) is 11.6 Å². The van der Waals surface area contributed by atoms with Crippen molar-refractivity contribution < 1.29 is 23.5 Å². The third-order valence-electron chi connectivity index (χ3n) is 5.72. The summed E-state index contributed by atoms with van der Waals surface area (Å²) < 4.78 is 29.3. The van der Waals surface area contributed by atoms with Crippen molar-refractivity contribution in [2.45, 2.75) is 12.8 Å². The van der Waals surface area contributed by atoms with Crippen LogP contribution in [0.5, 0.6) is 0 Å². The fourth-order valence-electron chi connectivity index (χ4n) is 3.94. The summed E-state index contributed by atoms with van der Waals surface area (Å²) in [6.07, 6.45) is 1.51. The molecule has 3 heterocycles. The number of aliphatic hydroxyl groups excluding tert-OH is 1. The Morgan fingerprint density at radius 1 is 1.29 bits per heavy atom. The van der Waals surface area contributed by atoms with Gasteiger partial charge in [0.1, 0.15) is 18.2 Å². The molecule has 1 aliphatic heterocycles. The summed E-state index contributed by atoms with van der Waals surface area (Å²) >= 11 is 5.70. The third kappa shape index (κ3) is 4.80. The molecule has 2 aromatic heterocycles. The number of aliphatic hydroxyl groups is 1. The molecular weight excluding hydrogens is 480 g/mol. The van der Waals surface area contributed by atoms with E-state index in [2.05, 4.69) is 15.3 Å². The summed E-state index contributed by atoms with van der Waals surface area (Å²) in [5.74, 6) is -3.25. The first-order valence-corrected chi connectivity index (χ1v) is 11.1. The van der Waals surface area contributed by atoms with Gasteiger partial charge in [0.2, 0.25) is 17.8 Å². The lowest BCUT2D eigenvalue weighted by atomic mass is 9.98. The van der Waals surface area contributed by atoms with Crippen molar-refractivity contribution in [3.05, 3.63) is 65.1 Å². The van der Waals surface area contributed by atoms with E-state index in [0.29, 0.717) is 11.3 Å². The van der Waals surface area contributed by atoms with Crippen LogP contribution in [0.2, 0.25) is 5.02 Å². The van der Waals surface area contributed by atoms with Crippen LogP contribution >= 0.6 is 11.6 Å². The van der Waals surface area contributed by atoms with E-state index in [0.717, 1.165) is 6.07 Å². The second kappa shape index (κ2) is 9.93. The number of hydrogen-bond acceptors (Lipinski definition) is 6. The Balaban J connectivity index is 1.79. The molecule has 3 aromatic rings. The van der Waals surface area contributed by atoms with Gasteiger partial charge in [-0.1, -0.05) is 17.7 Å². The van der Waals surface area contributed by atoms with Crippen molar-refractivity contribution in [3.63, 3.8) is 0 Å². The standard InChI is InChI=1S/C24H22ClF2N5O3/c1-13-22-15(4-3-7-28-22)21-18(11-19(30-23(21)27)31(2)8-9-33)32(24(13)35)12-20(34)29-14-5-6-16(25)17(26)10-14/h3-7,10-11,13,33H,8-9,12H2,1-2H3,(H,29,34)/t13-/m0/s1. The van der Waals surface area contributed by atoms with Gasteiger partial charge in [-0.25, -0.2) is 9.37 Å². The zero-order chi connectivity index (χ0) is 25.3. The lowest BCUT2D eigenvalue weighted by Gasteiger charge is -2.26. The van der Waals surface area contributed by atoms with Gasteiger partial charge in [0.05, 0.1) is 34.5 Å². The first-order chi connectivity index (χ1) is 16.7. The molecule has 8 nitrogen and oxygen atoms in total. The van der Waals surface area contributed by atoms with Crippen molar-refractivity contribution in [1.29, 1.82) is 0 Å². The van der Waals surface area contributed by atoms with Crippen LogP contribution in [0.1, 0.15) is 18.5 Å². The van der Waals surface area contributed by atoms with E-state index in [-0.39, 0.29) is 40.9 Å². The summed E-state index contributed by atoms with van der Waals surface area (Å²) in [5, 5.41) is 11.7. The number of anilines is 3. The second-order valence-electron chi connectivity index (χ2n) is 8.07. The minimum absolute atomic E-state index is 0.0392. The maximum atomic E-state index is 15.5. The van der Waals surface area contributed by atoms with E-state index in [1.807, 2.05) is 0 Å². The molecule has 0 spiro atoms. The van der Waals surface area contributed by atoms with Crippen LogP contribution in [0.4, 0.5) is 26.0 Å². The Kier molecular flexibility index (Phi) is 6.95. The number of likely N-dealkylation sites (N-methyl/N-ethyl adjacent to an activating group) is 1. The summed E-state index contributed by atoms with van der Waals surface area (Å²) in [6, 6.07) is 8.56. The Labute approximate surface area is 205 Å². The molecule has 0 fully saturated rings. The highest BCUT2D eigenvalue weighted by atomic mass is 35.5. The number of nitrogens with zero attached hydrogens (tertiary/aromatic N) is 4. The average Bonchev–Trinajstić information content (AvgIpc) is 2.91. The smallest absolute Gasteiger partial charge is 0.244 e. The number of pyridine rings is 2. The topological polar surface area (TPSA) is 98.7 Å². The Hall–Kier alpha value is -3.63. The van der Waals surface area contributed by atoms with E-state index in [9.17, 15) is 19.1 Å². The predicted molar refractivity (Wildman–Crippen MR) is 129 cm³/mol. The Bertz CT molecular complexity index is 1310. The molecule has 2 amide bonds. The van der Waals surface area contributed by atoms with Crippen molar-refractivity contribution in [2.24, 2.45) is 0 Å². The van der Waals surface area contributed by atoms with Gasteiger partial charge >= 0.3 is 0 Å². The largest absolute Gasteiger partial charge is 0.395 e. The summed E-state index contributed by atoms with van der Waals surface area (Å²) in [6.45, 7) is 1.14. The van der Waals surface area contributed by atoms with Gasteiger partial charge in [-0.15, -0.1) is 0 Å². The van der Waals surface area contributed by atoms with Gasteiger partial charge in [-0.3, -0.25) is 14.6 Å². The number of halogens is 3. The fourth-order valence-corrected chi connectivity index (χ4v) is 4.05. The number of amides is 2. The lowest BCUT2D eigenvalue weighted by molar-refractivity contribution is -0.122. The van der Waals surface area contributed by atoms with Crippen LogP contribution in [0.3, 0.4) is 0 Å². The normalized spacial score (nSPS) is 14.7. The quantitative estimate of drug-likeness (QED) is 0.501. The first-order valence-electron chi connectivity index (χ1n) is 10.7. The predicted octanol–water partition coefficient (Wildman–Crippen LogP) is 3.59. The maximum Gasteiger partial charge on any atom is 0.244 e. The molecule has 0 bridgehead atoms. The highest BCUT2D eigenvalue weighted by Gasteiger charge is 2.36. The van der Waals surface area contributed by atoms with Crippen molar-refractivity contribution >= 4 is 40.6 Å². The monoisotopic (exact) mass is 501 g/mol. The number of benzene rings is 1. The summed E-state index contributed by atoms with van der Waals surface area (Å²) in [5.41, 5.74) is 1.09. The molecule has 0 saturated carbocycles. The molecule has 0 saturated heterocycles. The molecule has 182 valence electrons. The highest BCUT2D eigenvalue weighted by molar-refractivity contribution is 6.30. The zero-order valence-corrected chi connectivity index (χ0v) is 19.7. The van der Waals surface area contributed by atoms with Crippen LogP contribution in [0.15, 0.2) is 42.6 Å². The maximum absolute atomic E-state index is 15.5. The molecule has 1 aromatic carbocycles. The molecule has 1 aliphatic rings. The van der Waals surface area contributed by atoms with Gasteiger partial charge in [0, 0.05) is 37.1 Å². The van der Waals surface area contributed by atoms with Crippen LogP contribution < -0.4 is 15.1 Å². The van der Waals surface area contributed by atoms with E-state index >= 15 is 4.39 Å². The van der Waals surface area contributed by atoms with Crippen molar-refractivity contribution in [2.75, 3.05) is 41.9 Å². The number of rotatable bonds is 6. The van der Waals surface area contributed by atoms with Crippen LogP contribution in [-0.4, -0.2) is 53.6 Å². The molecule has 1 atom stereocenters. The van der Waals surface area contributed by atoms with Gasteiger partial charge in [-0.05, 0) is 31.2 Å². The van der Waals surface area contributed by atoms with Gasteiger partial charge in [0.25, 0.3) is 0 Å². The third-order valence-corrected chi connectivity index (χ3v) is 6.02. The minimum atomic E-state index is -0.844. The molecule has 0 unspecified atom stereocenters. The molecule has 0 radical (unpaired) electrons. The van der Waals surface area contributed by atoms with Gasteiger partial charge in [0.15, 0.2) is 0 Å². The van der Waals surface area contributed by atoms with Crippen LogP contribution in [0, 0.1) is 11.8 Å². The molecule has 2 N–H and O–H groups in total. The second-order valence-corrected chi connectivity index (χ2v) is 8.48. The number of aromatic nitrogens is 2. The van der Waals surface area contributed by atoms with Crippen molar-refractivity contribution in [3.8, 4) is 11.1 Å². The molecule has 4 rings (SSSR count). The average molecular weight is 502 g/mol. The molecule has 11 heteroatoms. The Morgan fingerprint density at radius 2 is 2.06 bits per heavy atom. The Morgan fingerprint density at radius 3 is 2.77 bits per heavy atom. The fraction of sp³-hybridized carbons (Fsp3) is 0.250. The SMILES string of the molecule is C[C@@H]1C(=O)N(CC(=O)Nc2ccc(Cl)c(F)c2)c2cc(N(C)CCO)nc(F)c2-c2cccnc21. The van der Waals surface area contributed by atoms with E-state index in [1.165, 1.54) is 34.2 Å². The number of nitrogens with one attached hydrogen (secondary N) is 1. The van der Waals surface area contributed by atoms with Crippen LogP contribution in [-0.2, 0) is 9.59 Å². The van der Waals surface area contributed by atoms with Crippen LogP contribution in [0.25, 0.3) is 11.1 Å². The number of carbonyl (C=O) groups excluding carboxylic acids is 2. The highest BCUT2D eigenvalue weighted by Crippen LogP contribution is 2.42. The summed E-state index contributed by atoms with van der Waals surface area (Å²) in [7, 11) is 1.62. The zero-order valence-electron chi connectivity index (χ0n) is 18.9. The van der Waals surface area contributed by atoms with E-state index < -0.39 is 36.0 Å². The number of hydrogen-bond donors (Lipinski definition) is 2. The molecular formula is C24H22ClF2N5O3.